The van der Waals surface area contributed by atoms with Crippen LogP contribution in [0.3, 0.4) is 0 Å². The van der Waals surface area contributed by atoms with E-state index in [1.54, 1.807) is 30.3 Å². The van der Waals surface area contributed by atoms with Gasteiger partial charge in [-0.15, -0.1) is 0 Å². The Morgan fingerprint density at radius 3 is 2.44 bits per heavy atom. The van der Waals surface area contributed by atoms with Gasteiger partial charge in [-0.1, -0.05) is 49.7 Å². The zero-order valence-corrected chi connectivity index (χ0v) is 19.0. The van der Waals surface area contributed by atoms with Gasteiger partial charge in [-0.05, 0) is 82.9 Å². The number of nitrogens with zero attached hydrogens (tertiary/aromatic N) is 2. The van der Waals surface area contributed by atoms with Gasteiger partial charge < -0.3 is 4.90 Å². The second-order valence-electron chi connectivity index (χ2n) is 8.46. The summed E-state index contributed by atoms with van der Waals surface area (Å²) in [6.07, 6.45) is 7.19. The maximum atomic E-state index is 12.9. The third-order valence-electron chi connectivity index (χ3n) is 5.96. The van der Waals surface area contributed by atoms with Crippen LogP contribution in [0.15, 0.2) is 59.5 Å². The number of rotatable bonds is 8. The molecule has 1 aromatic heterocycles. The molecule has 5 nitrogen and oxygen atoms in total. The first-order valence-electron chi connectivity index (χ1n) is 11.2. The Morgan fingerprint density at radius 1 is 0.938 bits per heavy atom. The van der Waals surface area contributed by atoms with Crippen molar-refractivity contribution in [2.75, 3.05) is 24.4 Å². The number of anilines is 1. The van der Waals surface area contributed by atoms with Gasteiger partial charge in [0.05, 0.1) is 16.1 Å². The van der Waals surface area contributed by atoms with Gasteiger partial charge in [0.2, 0.25) is 0 Å². The Hall–Kier alpha value is -2.44. The highest BCUT2D eigenvalue weighted by atomic mass is 32.2. The largest absolute Gasteiger partial charge is 0.303 e. The predicted molar refractivity (Wildman–Crippen MR) is 134 cm³/mol. The number of hydrogen-bond donors (Lipinski definition) is 1. The smallest absolute Gasteiger partial charge is 0.261 e. The third kappa shape index (κ3) is 6.08. The maximum absolute atomic E-state index is 12.9. The van der Waals surface area contributed by atoms with Crippen LogP contribution in [0, 0.1) is 6.92 Å². The number of aryl methyl sites for hydroxylation is 2. The van der Waals surface area contributed by atoms with Crippen LogP contribution < -0.4 is 4.72 Å². The van der Waals surface area contributed by atoms with Crippen LogP contribution in [0.1, 0.15) is 50.8 Å². The van der Waals surface area contributed by atoms with E-state index in [0.717, 1.165) is 36.0 Å². The average molecular weight is 454 g/mol. The molecule has 0 amide bonds. The Labute approximate surface area is 192 Å². The van der Waals surface area contributed by atoms with Gasteiger partial charge in [-0.2, -0.15) is 0 Å². The normalized spacial score (nSPS) is 14.8. The molecule has 4 rings (SSSR count). The molecule has 0 spiro atoms. The van der Waals surface area contributed by atoms with Crippen LogP contribution in [-0.2, 0) is 16.4 Å². The summed E-state index contributed by atoms with van der Waals surface area (Å²) in [5.41, 5.74) is 3.25. The first-order chi connectivity index (χ1) is 15.0. The fourth-order valence-corrected chi connectivity index (χ4v) is 5.22. The second-order valence-corrected chi connectivity index (χ2v) is 10.1. The third-order valence-corrected chi connectivity index (χ3v) is 7.34. The lowest BCUT2D eigenvalue weighted by Crippen LogP contribution is -2.30. The molecule has 0 atom stereocenters. The van der Waals surface area contributed by atoms with Crippen molar-refractivity contribution in [2.45, 2.75) is 57.8 Å². The summed E-state index contributed by atoms with van der Waals surface area (Å²) in [5, 5.41) is 0.932. The van der Waals surface area contributed by atoms with Crippen molar-refractivity contribution in [3.05, 3.63) is 65.9 Å². The minimum Gasteiger partial charge on any atom is -0.303 e. The number of fused-ring (bicyclic) bond motifs is 1. The van der Waals surface area contributed by atoms with Crippen molar-refractivity contribution in [3.8, 4) is 0 Å². The van der Waals surface area contributed by atoms with Crippen LogP contribution in [0.25, 0.3) is 10.9 Å². The van der Waals surface area contributed by atoms with Crippen LogP contribution in [0.5, 0.6) is 0 Å². The standard InChI is InChI=1S/C25H31N3O2S.CH4/c1-20-11-15-23(16-12-20)31(29,30)27-24-10-7-8-21-13-14-22(26-25(21)24)9-3-6-19-28-17-4-2-5-18-28;/h7-8,10-16,27H,2-6,9,17-19H2,1H3;1H4. The highest BCUT2D eigenvalue weighted by molar-refractivity contribution is 7.92. The Morgan fingerprint density at radius 2 is 1.69 bits per heavy atom. The van der Waals surface area contributed by atoms with Crippen molar-refractivity contribution in [2.24, 2.45) is 0 Å². The number of unbranched alkanes of at least 4 members (excludes halogenated alkanes) is 1. The zero-order chi connectivity index (χ0) is 21.7. The molecule has 0 unspecified atom stereocenters. The van der Waals surface area contributed by atoms with Gasteiger partial charge in [0.15, 0.2) is 0 Å². The first kappa shape index (κ1) is 24.2. The van der Waals surface area contributed by atoms with Crippen LogP contribution in [-0.4, -0.2) is 37.9 Å². The minimum atomic E-state index is -3.66. The molecule has 0 aliphatic carbocycles. The lowest BCUT2D eigenvalue weighted by Gasteiger charge is -2.26. The van der Waals surface area contributed by atoms with E-state index in [-0.39, 0.29) is 12.3 Å². The van der Waals surface area contributed by atoms with E-state index in [0.29, 0.717) is 11.2 Å². The summed E-state index contributed by atoms with van der Waals surface area (Å²) in [5.74, 6) is 0. The molecule has 1 N–H and O–H groups in total. The van der Waals surface area contributed by atoms with Gasteiger partial charge in [-0.3, -0.25) is 9.71 Å². The number of pyridine rings is 1. The molecule has 6 heteroatoms. The molecule has 2 heterocycles. The van der Waals surface area contributed by atoms with Crippen LogP contribution >= 0.6 is 0 Å². The average Bonchev–Trinajstić information content (AvgIpc) is 2.78. The summed E-state index contributed by atoms with van der Waals surface area (Å²) in [6, 6.07) is 16.6. The van der Waals surface area contributed by atoms with E-state index < -0.39 is 10.0 Å². The second kappa shape index (κ2) is 10.9. The van der Waals surface area contributed by atoms with Gasteiger partial charge in [0.1, 0.15) is 0 Å². The zero-order valence-electron chi connectivity index (χ0n) is 18.2. The van der Waals surface area contributed by atoms with E-state index >= 15 is 0 Å². The molecule has 3 aromatic rings. The topological polar surface area (TPSA) is 62.3 Å². The molecule has 0 bridgehead atoms. The predicted octanol–water partition coefficient (Wildman–Crippen LogP) is 5.79. The van der Waals surface area contributed by atoms with Crippen molar-refractivity contribution >= 4 is 26.6 Å². The van der Waals surface area contributed by atoms with Crippen molar-refractivity contribution in [3.63, 3.8) is 0 Å². The number of aromatic nitrogens is 1. The summed E-state index contributed by atoms with van der Waals surface area (Å²) >= 11 is 0. The van der Waals surface area contributed by atoms with E-state index in [4.69, 9.17) is 4.98 Å². The Bertz CT molecular complexity index is 1120. The fourth-order valence-electron chi connectivity index (χ4n) is 4.15. The van der Waals surface area contributed by atoms with Crippen LogP contribution in [0.2, 0.25) is 0 Å². The molecule has 0 radical (unpaired) electrons. The van der Waals surface area contributed by atoms with Crippen molar-refractivity contribution in [1.82, 2.24) is 9.88 Å². The van der Waals surface area contributed by atoms with Gasteiger partial charge in [0, 0.05) is 11.1 Å². The number of nitrogens with one attached hydrogen (secondary N) is 1. The van der Waals surface area contributed by atoms with Gasteiger partial charge in [-0.25, -0.2) is 8.42 Å². The number of para-hydroxylation sites is 1. The number of sulfonamides is 1. The molecule has 1 saturated heterocycles. The summed E-state index contributed by atoms with van der Waals surface area (Å²) in [4.78, 5) is 7.63. The molecule has 2 aromatic carbocycles. The molecule has 0 saturated carbocycles. The number of benzene rings is 2. The van der Waals surface area contributed by atoms with E-state index in [2.05, 4.69) is 15.7 Å². The van der Waals surface area contributed by atoms with E-state index in [9.17, 15) is 8.42 Å². The Balaban J connectivity index is 0.00000289. The summed E-state index contributed by atoms with van der Waals surface area (Å²) in [6.45, 7) is 5.57. The monoisotopic (exact) mass is 453 g/mol. The molecular weight excluding hydrogens is 418 g/mol. The Kier molecular flexibility index (Phi) is 8.26. The lowest BCUT2D eigenvalue weighted by molar-refractivity contribution is 0.225. The van der Waals surface area contributed by atoms with E-state index in [1.165, 1.54) is 38.8 Å². The van der Waals surface area contributed by atoms with Crippen molar-refractivity contribution < 1.29 is 8.42 Å². The van der Waals surface area contributed by atoms with Crippen molar-refractivity contribution in [1.29, 1.82) is 0 Å². The maximum Gasteiger partial charge on any atom is 0.261 e. The molecular formula is C26H35N3O2S. The van der Waals surface area contributed by atoms with E-state index in [1.807, 2.05) is 25.1 Å². The molecule has 1 aliphatic heterocycles. The number of hydrogen-bond acceptors (Lipinski definition) is 4. The van der Waals surface area contributed by atoms with Gasteiger partial charge in [0.25, 0.3) is 10.0 Å². The molecule has 32 heavy (non-hydrogen) atoms. The SMILES string of the molecule is C.Cc1ccc(S(=O)(=O)Nc2cccc3ccc(CCCCN4CCCCC4)nc23)cc1. The summed E-state index contributed by atoms with van der Waals surface area (Å²) in [7, 11) is -3.66. The highest BCUT2D eigenvalue weighted by Gasteiger charge is 2.16. The number of likely N-dealkylation sites (tertiary alicyclic amines) is 1. The molecule has 1 aliphatic rings. The first-order valence-corrected chi connectivity index (χ1v) is 12.7. The lowest BCUT2D eigenvalue weighted by atomic mass is 10.1. The highest BCUT2D eigenvalue weighted by Crippen LogP contribution is 2.25. The van der Waals surface area contributed by atoms with Gasteiger partial charge >= 0.3 is 0 Å². The molecule has 172 valence electrons. The quantitative estimate of drug-likeness (QED) is 0.439. The minimum absolute atomic E-state index is 0. The molecule has 1 fully saturated rings. The number of piperidine rings is 1. The summed E-state index contributed by atoms with van der Waals surface area (Å²) < 4.78 is 28.5. The van der Waals surface area contributed by atoms with Crippen LogP contribution in [0.4, 0.5) is 5.69 Å². The fraction of sp³-hybridized carbons (Fsp3) is 0.423.